The summed E-state index contributed by atoms with van der Waals surface area (Å²) in [6, 6.07) is 0. The van der Waals surface area contributed by atoms with Gasteiger partial charge in [-0.2, -0.15) is 13.2 Å². The predicted octanol–water partition coefficient (Wildman–Crippen LogP) is 2.46. The minimum atomic E-state index is -4.09. The Kier molecular flexibility index (Phi) is 2.66. The lowest BCUT2D eigenvalue weighted by Gasteiger charge is -2.10. The molecule has 0 nitrogen and oxygen atoms in total. The van der Waals surface area contributed by atoms with Crippen molar-refractivity contribution in [1.29, 1.82) is 0 Å². The Morgan fingerprint density at radius 2 is 1.88 bits per heavy atom. The molecule has 1 radical (unpaired) electrons. The summed E-state index contributed by atoms with van der Waals surface area (Å²) in [5.41, 5.74) is 0. The van der Waals surface area contributed by atoms with Gasteiger partial charge in [0.25, 0.3) is 0 Å². The summed E-state index contributed by atoms with van der Waals surface area (Å²) in [5.74, 6) is 0. The van der Waals surface area contributed by atoms with Crippen molar-refractivity contribution in [2.24, 2.45) is 0 Å². The first kappa shape index (κ1) is 8.14. The van der Waals surface area contributed by atoms with Crippen LogP contribution in [0.15, 0.2) is 0 Å². The number of thioether (sulfide) groups is 1. The van der Waals surface area contributed by atoms with E-state index >= 15 is 0 Å². The van der Waals surface area contributed by atoms with E-state index in [2.05, 4.69) is 6.26 Å². The fourth-order valence-corrected chi connectivity index (χ4v) is 0.283. The highest BCUT2D eigenvalue weighted by Gasteiger charge is 2.34. The molecule has 0 aliphatic carbocycles. The topological polar surface area (TPSA) is 0 Å². The fourth-order valence-electron chi connectivity index (χ4n) is 0.0945. The van der Waals surface area contributed by atoms with Crippen LogP contribution in [0.2, 0.25) is 0 Å². The van der Waals surface area contributed by atoms with Gasteiger partial charge in [0, 0.05) is 6.26 Å². The number of hydrogen-bond donors (Lipinski definition) is 0. The van der Waals surface area contributed by atoms with E-state index in [9.17, 15) is 13.2 Å². The lowest BCUT2D eigenvalue weighted by Crippen LogP contribution is -2.21. The SMILES string of the molecule is [CH2]SC(C)C(F)(F)F. The first-order valence-electron chi connectivity index (χ1n) is 1.96. The minimum Gasteiger partial charge on any atom is -0.170 e. The van der Waals surface area contributed by atoms with Crippen LogP contribution >= 0.6 is 11.8 Å². The third kappa shape index (κ3) is 2.45. The van der Waals surface area contributed by atoms with Crippen molar-refractivity contribution in [2.45, 2.75) is 18.3 Å². The van der Waals surface area contributed by atoms with E-state index in [1.54, 1.807) is 0 Å². The van der Waals surface area contributed by atoms with Gasteiger partial charge >= 0.3 is 6.18 Å². The van der Waals surface area contributed by atoms with Crippen LogP contribution in [0, 0.1) is 6.26 Å². The molecule has 0 N–H and O–H groups in total. The molecule has 0 aromatic carbocycles. The zero-order valence-corrected chi connectivity index (χ0v) is 5.14. The largest absolute Gasteiger partial charge is 0.400 e. The monoisotopic (exact) mass is 143 g/mol. The summed E-state index contributed by atoms with van der Waals surface area (Å²) >= 11 is 0.557. The van der Waals surface area contributed by atoms with E-state index in [4.69, 9.17) is 0 Å². The van der Waals surface area contributed by atoms with E-state index in [0.29, 0.717) is 11.8 Å². The molecule has 0 rings (SSSR count). The number of rotatable bonds is 1. The summed E-state index contributed by atoms with van der Waals surface area (Å²) in [4.78, 5) is 0. The van der Waals surface area contributed by atoms with E-state index in [1.807, 2.05) is 0 Å². The summed E-state index contributed by atoms with van der Waals surface area (Å²) in [7, 11) is 0. The Balaban J connectivity index is 3.62. The lowest BCUT2D eigenvalue weighted by molar-refractivity contribution is -0.125. The molecule has 1 atom stereocenters. The normalized spacial score (nSPS) is 16.1. The van der Waals surface area contributed by atoms with Crippen LogP contribution < -0.4 is 0 Å². The van der Waals surface area contributed by atoms with E-state index in [0.717, 1.165) is 6.92 Å². The van der Waals surface area contributed by atoms with Crippen LogP contribution in [0.1, 0.15) is 6.92 Å². The van der Waals surface area contributed by atoms with Gasteiger partial charge in [0.1, 0.15) is 0 Å². The quantitative estimate of drug-likeness (QED) is 0.543. The van der Waals surface area contributed by atoms with Crippen LogP contribution in [-0.2, 0) is 0 Å². The van der Waals surface area contributed by atoms with Crippen molar-refractivity contribution in [1.82, 2.24) is 0 Å². The van der Waals surface area contributed by atoms with Crippen molar-refractivity contribution in [3.05, 3.63) is 6.26 Å². The second kappa shape index (κ2) is 2.62. The lowest BCUT2D eigenvalue weighted by atomic mass is 10.5. The molecule has 0 bridgehead atoms. The zero-order valence-electron chi connectivity index (χ0n) is 4.33. The van der Waals surface area contributed by atoms with Crippen molar-refractivity contribution in [3.63, 3.8) is 0 Å². The number of halogens is 3. The molecule has 0 heterocycles. The average molecular weight is 143 g/mol. The maximum atomic E-state index is 11.4. The molecular formula is C4H6F3S. The van der Waals surface area contributed by atoms with Crippen molar-refractivity contribution >= 4 is 11.8 Å². The van der Waals surface area contributed by atoms with Gasteiger partial charge in [-0.05, 0) is 6.92 Å². The van der Waals surface area contributed by atoms with Crippen LogP contribution in [0.3, 0.4) is 0 Å². The molecule has 0 saturated carbocycles. The molecule has 0 aliphatic rings. The number of hydrogen-bond acceptors (Lipinski definition) is 1. The van der Waals surface area contributed by atoms with Gasteiger partial charge in [0.2, 0.25) is 0 Å². The first-order chi connectivity index (χ1) is 3.48. The molecule has 8 heavy (non-hydrogen) atoms. The highest BCUT2D eigenvalue weighted by Crippen LogP contribution is 2.28. The van der Waals surface area contributed by atoms with Crippen LogP contribution in [0.25, 0.3) is 0 Å². The van der Waals surface area contributed by atoms with Gasteiger partial charge in [0.05, 0.1) is 5.25 Å². The molecule has 0 aromatic rings. The zero-order chi connectivity index (χ0) is 6.78. The maximum absolute atomic E-state index is 11.4. The van der Waals surface area contributed by atoms with Gasteiger partial charge in [0.15, 0.2) is 0 Å². The maximum Gasteiger partial charge on any atom is 0.400 e. The second-order valence-corrected chi connectivity index (χ2v) is 2.39. The Labute approximate surface area is 50.5 Å². The van der Waals surface area contributed by atoms with Crippen LogP contribution in [0.5, 0.6) is 0 Å². The van der Waals surface area contributed by atoms with E-state index in [1.165, 1.54) is 0 Å². The third-order valence-corrected chi connectivity index (χ3v) is 1.48. The Bertz CT molecular complexity index is 68.2. The molecule has 1 unspecified atom stereocenters. The van der Waals surface area contributed by atoms with Crippen molar-refractivity contribution in [2.75, 3.05) is 0 Å². The van der Waals surface area contributed by atoms with Gasteiger partial charge in [-0.1, -0.05) is 0 Å². The Morgan fingerprint density at radius 3 is 1.88 bits per heavy atom. The highest BCUT2D eigenvalue weighted by atomic mass is 32.2. The first-order valence-corrected chi connectivity index (χ1v) is 3.01. The van der Waals surface area contributed by atoms with E-state index < -0.39 is 11.4 Å². The van der Waals surface area contributed by atoms with E-state index in [-0.39, 0.29) is 0 Å². The fraction of sp³-hybridized carbons (Fsp3) is 0.750. The summed E-state index contributed by atoms with van der Waals surface area (Å²) in [6.45, 7) is 1.08. The van der Waals surface area contributed by atoms with Crippen LogP contribution in [-0.4, -0.2) is 11.4 Å². The molecule has 0 fully saturated rings. The Hall–Kier alpha value is 0.140. The smallest absolute Gasteiger partial charge is 0.170 e. The summed E-state index contributed by atoms with van der Waals surface area (Å²) < 4.78 is 34.2. The predicted molar refractivity (Wildman–Crippen MR) is 28.5 cm³/mol. The molecule has 0 spiro atoms. The molecule has 0 saturated heterocycles. The molecule has 49 valence electrons. The average Bonchev–Trinajstić information content (AvgIpc) is 1.62. The molecule has 0 aromatic heterocycles. The van der Waals surface area contributed by atoms with Gasteiger partial charge in [-0.25, -0.2) is 0 Å². The molecule has 0 amide bonds. The molecular weight excluding hydrogens is 137 g/mol. The Morgan fingerprint density at radius 1 is 1.50 bits per heavy atom. The van der Waals surface area contributed by atoms with Crippen LogP contribution in [0.4, 0.5) is 13.2 Å². The highest BCUT2D eigenvalue weighted by molar-refractivity contribution is 8.01. The number of alkyl halides is 3. The van der Waals surface area contributed by atoms with Crippen molar-refractivity contribution < 1.29 is 13.2 Å². The third-order valence-electron chi connectivity index (χ3n) is 0.711. The van der Waals surface area contributed by atoms with Crippen molar-refractivity contribution in [3.8, 4) is 0 Å². The second-order valence-electron chi connectivity index (χ2n) is 1.35. The van der Waals surface area contributed by atoms with Gasteiger partial charge in [-0.15, -0.1) is 11.8 Å². The van der Waals surface area contributed by atoms with Gasteiger partial charge < -0.3 is 0 Å². The standard InChI is InChI=1S/C4H6F3S/c1-3(8-2)4(5,6)7/h3H,2H2,1H3. The minimum absolute atomic E-state index is 0.557. The molecule has 0 aliphatic heterocycles. The van der Waals surface area contributed by atoms with Gasteiger partial charge in [-0.3, -0.25) is 0 Å². The molecule has 4 heteroatoms. The summed E-state index contributed by atoms with van der Waals surface area (Å²) in [6.07, 6.45) is -1.04. The summed E-state index contributed by atoms with van der Waals surface area (Å²) in [5, 5.41) is -1.34.